The highest BCUT2D eigenvalue weighted by Crippen LogP contribution is 2.42. The van der Waals surface area contributed by atoms with E-state index in [1.165, 1.54) is 12.1 Å². The zero-order valence-corrected chi connectivity index (χ0v) is 29.6. The molecule has 0 spiro atoms. The fourth-order valence-corrected chi connectivity index (χ4v) is 9.11. The molecule has 0 aromatic heterocycles. The number of fused-ring (bicyclic) bond motifs is 1. The number of urea groups is 1. The van der Waals surface area contributed by atoms with Gasteiger partial charge in [-0.25, -0.2) is 9.59 Å². The number of carboxylic acids is 1. The molecule has 6 rings (SSSR count). The summed E-state index contributed by atoms with van der Waals surface area (Å²) < 4.78 is 5.83. The summed E-state index contributed by atoms with van der Waals surface area (Å²) in [5.41, 5.74) is 1.36. The second kappa shape index (κ2) is 15.8. The second-order valence-corrected chi connectivity index (χ2v) is 14.8. The molecule has 4 aliphatic rings. The van der Waals surface area contributed by atoms with Crippen molar-refractivity contribution in [1.82, 2.24) is 19.6 Å². The van der Waals surface area contributed by atoms with Gasteiger partial charge in [0.05, 0.1) is 16.6 Å². The van der Waals surface area contributed by atoms with Crippen molar-refractivity contribution in [3.05, 3.63) is 57.6 Å². The van der Waals surface area contributed by atoms with E-state index >= 15 is 0 Å². The van der Waals surface area contributed by atoms with Gasteiger partial charge in [0.15, 0.2) is 5.75 Å². The maximum atomic E-state index is 14.0. The lowest BCUT2D eigenvalue weighted by atomic mass is 9.77. The van der Waals surface area contributed by atoms with Gasteiger partial charge in [0.1, 0.15) is 18.6 Å². The first-order chi connectivity index (χ1) is 24.1. The van der Waals surface area contributed by atoms with Crippen LogP contribution in [-0.4, -0.2) is 112 Å². The Balaban J connectivity index is 1.21. The number of ether oxygens (including phenoxy) is 1. The van der Waals surface area contributed by atoms with Crippen LogP contribution in [0.1, 0.15) is 56.1 Å². The van der Waals surface area contributed by atoms with Gasteiger partial charge in [-0.15, -0.1) is 0 Å². The number of hydrogen-bond acceptors (Lipinski definition) is 8. The van der Waals surface area contributed by atoms with E-state index in [9.17, 15) is 29.4 Å². The van der Waals surface area contributed by atoms with Crippen LogP contribution in [0.15, 0.2) is 36.4 Å². The van der Waals surface area contributed by atoms with Gasteiger partial charge in [0.2, 0.25) is 0 Å². The Morgan fingerprint density at radius 2 is 1.62 bits per heavy atom. The number of amides is 3. The number of aliphatic carboxylic acids is 1. The van der Waals surface area contributed by atoms with Crippen LogP contribution in [0.4, 0.5) is 15.3 Å². The summed E-state index contributed by atoms with van der Waals surface area (Å²) in [6, 6.07) is 10.4. The number of anilines is 1. The van der Waals surface area contributed by atoms with Gasteiger partial charge in [0.25, 0.3) is 0 Å². The summed E-state index contributed by atoms with van der Waals surface area (Å²) in [6.45, 7) is 3.62. The van der Waals surface area contributed by atoms with Gasteiger partial charge in [0, 0.05) is 50.7 Å². The lowest BCUT2D eigenvalue weighted by Crippen LogP contribution is -2.69. The first-order valence-corrected chi connectivity index (χ1v) is 18.2. The molecule has 0 unspecified atom stereocenters. The molecule has 3 amide bonds. The molecule has 4 aliphatic heterocycles. The molecule has 3 N–H and O–H groups in total. The number of halogens is 2. The minimum atomic E-state index is -1.01. The largest absolute Gasteiger partial charge is 0.505 e. The van der Waals surface area contributed by atoms with Gasteiger partial charge < -0.3 is 30.0 Å². The van der Waals surface area contributed by atoms with E-state index in [0.29, 0.717) is 56.3 Å². The predicted octanol–water partition coefficient (Wildman–Crippen LogP) is 5.68. The average molecular weight is 731 g/mol. The molecular weight excluding hydrogens is 685 g/mol. The number of aldehydes is 1. The normalized spacial score (nSPS) is 24.3. The lowest BCUT2D eigenvalue weighted by Gasteiger charge is -2.57. The van der Waals surface area contributed by atoms with E-state index in [1.54, 1.807) is 4.90 Å². The highest BCUT2D eigenvalue weighted by atomic mass is 35.5. The summed E-state index contributed by atoms with van der Waals surface area (Å²) in [6.07, 6.45) is 5.63. The van der Waals surface area contributed by atoms with Gasteiger partial charge in [-0.1, -0.05) is 41.4 Å². The van der Waals surface area contributed by atoms with Crippen LogP contribution in [0, 0.1) is 11.8 Å². The SMILES string of the molecule is O=CC[C@@]1(N2CCC(C3CCN(CC(=O)O)CC3)CC2)C[C@H](N2CCc3ccccc3NC2=O)CCN1C(=O)OCc1cc(Cl)c(O)c(Cl)c1. The topological polar surface area (TPSA) is 143 Å². The number of para-hydroxylation sites is 1. The Hall–Kier alpha value is -3.58. The quantitative estimate of drug-likeness (QED) is 0.278. The maximum absolute atomic E-state index is 14.0. The lowest BCUT2D eigenvalue weighted by molar-refractivity contribution is -0.138. The van der Waals surface area contributed by atoms with E-state index in [4.69, 9.17) is 27.9 Å². The highest BCUT2D eigenvalue weighted by molar-refractivity contribution is 6.37. The molecule has 0 radical (unpaired) electrons. The van der Waals surface area contributed by atoms with Crippen molar-refractivity contribution in [2.45, 2.75) is 69.7 Å². The summed E-state index contributed by atoms with van der Waals surface area (Å²) in [7, 11) is 0. The van der Waals surface area contributed by atoms with Crippen LogP contribution in [0.25, 0.3) is 0 Å². The zero-order chi connectivity index (χ0) is 35.4. The first kappa shape index (κ1) is 36.2. The van der Waals surface area contributed by atoms with Crippen molar-refractivity contribution in [2.24, 2.45) is 11.8 Å². The first-order valence-electron chi connectivity index (χ1n) is 17.5. The number of carbonyl (C=O) groups is 4. The molecule has 2 atom stereocenters. The Morgan fingerprint density at radius 3 is 2.28 bits per heavy atom. The van der Waals surface area contributed by atoms with Crippen LogP contribution in [0.5, 0.6) is 5.75 Å². The third-order valence-corrected chi connectivity index (χ3v) is 11.8. The average Bonchev–Trinajstić information content (AvgIpc) is 3.27. The van der Waals surface area contributed by atoms with E-state index in [1.807, 2.05) is 34.1 Å². The molecular formula is C36H45Cl2N5O7. The van der Waals surface area contributed by atoms with Crippen LogP contribution in [0.2, 0.25) is 10.0 Å². The Bertz CT molecular complexity index is 1560. The zero-order valence-electron chi connectivity index (χ0n) is 28.1. The number of nitrogens with one attached hydrogen (secondary N) is 1. The minimum absolute atomic E-state index is 0.0490. The molecule has 3 saturated heterocycles. The number of aromatic hydroxyl groups is 1. The molecule has 0 aliphatic carbocycles. The number of phenolic OH excluding ortho intramolecular Hbond substituents is 1. The number of piperidine rings is 3. The van der Waals surface area contributed by atoms with E-state index < -0.39 is 17.7 Å². The van der Waals surface area contributed by atoms with Gasteiger partial charge in [-0.2, -0.15) is 0 Å². The van der Waals surface area contributed by atoms with E-state index in [2.05, 4.69) is 10.2 Å². The molecule has 4 heterocycles. The Labute approximate surface area is 302 Å². The summed E-state index contributed by atoms with van der Waals surface area (Å²) in [5.74, 6) is -0.0877. The maximum Gasteiger partial charge on any atom is 0.411 e. The number of rotatable bonds is 9. The number of likely N-dealkylation sites (tertiary alicyclic amines) is 3. The highest BCUT2D eigenvalue weighted by Gasteiger charge is 2.52. The third-order valence-electron chi connectivity index (χ3n) is 11.2. The summed E-state index contributed by atoms with van der Waals surface area (Å²) >= 11 is 12.2. The van der Waals surface area contributed by atoms with E-state index in [-0.39, 0.29) is 54.0 Å². The molecule has 0 bridgehead atoms. The summed E-state index contributed by atoms with van der Waals surface area (Å²) in [5, 5.41) is 22.3. The van der Waals surface area contributed by atoms with Gasteiger partial charge in [-0.05, 0) is 92.8 Å². The van der Waals surface area contributed by atoms with Crippen LogP contribution < -0.4 is 5.32 Å². The number of carbonyl (C=O) groups excluding carboxylic acids is 3. The van der Waals surface area contributed by atoms with Crippen molar-refractivity contribution in [3.63, 3.8) is 0 Å². The number of nitrogens with zero attached hydrogens (tertiary/aromatic N) is 4. The van der Waals surface area contributed by atoms with Crippen LogP contribution >= 0.6 is 23.2 Å². The standard InChI is InChI=1S/C36H45Cl2N5O7/c37-29-19-24(20-30(38)33(29)47)23-50-35(49)43-17-10-28(42-16-9-27-3-1-2-4-31(27)39-34(42)48)21-36(43,11-18-44)41-14-7-26(8-15-41)25-5-12-40(13-6-25)22-32(45)46/h1-4,18-20,25-26,28,47H,5-17,21-23H2,(H,39,48)(H,45,46)/t28-,36+/m1/s1. The molecule has 2 aromatic rings. The fraction of sp³-hybridized carbons (Fsp3) is 0.556. The second-order valence-electron chi connectivity index (χ2n) is 14.0. The molecule has 2 aromatic carbocycles. The smallest absolute Gasteiger partial charge is 0.411 e. The predicted molar refractivity (Wildman–Crippen MR) is 188 cm³/mol. The number of carboxylic acid groups (broad SMARTS) is 1. The molecule has 12 nitrogen and oxygen atoms in total. The van der Waals surface area contributed by atoms with Gasteiger partial charge >= 0.3 is 18.1 Å². The summed E-state index contributed by atoms with van der Waals surface area (Å²) in [4.78, 5) is 59.2. The van der Waals surface area contributed by atoms with Gasteiger partial charge in [-0.3, -0.25) is 19.5 Å². The monoisotopic (exact) mass is 729 g/mol. The van der Waals surface area contributed by atoms with Crippen molar-refractivity contribution in [1.29, 1.82) is 0 Å². The number of benzene rings is 2. The van der Waals surface area contributed by atoms with Crippen molar-refractivity contribution in [3.8, 4) is 5.75 Å². The van der Waals surface area contributed by atoms with Crippen molar-refractivity contribution in [2.75, 3.05) is 51.1 Å². The number of phenols is 1. The number of hydrogen-bond donors (Lipinski definition) is 3. The minimum Gasteiger partial charge on any atom is -0.505 e. The fourth-order valence-electron chi connectivity index (χ4n) is 8.58. The van der Waals surface area contributed by atoms with Crippen LogP contribution in [0.3, 0.4) is 0 Å². The molecule has 270 valence electrons. The Morgan fingerprint density at radius 1 is 0.960 bits per heavy atom. The molecule has 14 heteroatoms. The van der Waals surface area contributed by atoms with Crippen molar-refractivity contribution >= 4 is 53.3 Å². The Kier molecular flexibility index (Phi) is 11.4. The molecule has 50 heavy (non-hydrogen) atoms. The molecule has 0 saturated carbocycles. The third kappa shape index (κ3) is 7.83. The van der Waals surface area contributed by atoms with E-state index in [0.717, 1.165) is 56.3 Å². The van der Waals surface area contributed by atoms with Crippen molar-refractivity contribution < 1.29 is 34.1 Å². The van der Waals surface area contributed by atoms with Crippen LogP contribution in [-0.2, 0) is 27.4 Å². The molecule has 3 fully saturated rings.